The molecule has 2 aromatic rings. The molecular weight excluding hydrogens is 453 g/mol. The van der Waals surface area contributed by atoms with Crippen LogP contribution in [0.2, 0.25) is 0 Å². The predicted octanol–water partition coefficient (Wildman–Crippen LogP) is 3.66. The molecule has 2 rings (SSSR count). The van der Waals surface area contributed by atoms with Crippen LogP contribution >= 0.6 is 24.0 Å². The third kappa shape index (κ3) is 7.14. The molecule has 0 saturated heterocycles. The molecule has 0 spiro atoms. The number of oxazole rings is 1. The number of aromatic nitrogens is 1. The fourth-order valence-electron chi connectivity index (χ4n) is 2.83. The highest BCUT2D eigenvalue weighted by Crippen LogP contribution is 2.18. The molecule has 150 valence electrons. The molecule has 1 heterocycles. The number of hydrogen-bond acceptors (Lipinski definition) is 4. The number of hydrogen-bond donors (Lipinski definition) is 2. The highest BCUT2D eigenvalue weighted by Gasteiger charge is 2.11. The van der Waals surface area contributed by atoms with E-state index in [9.17, 15) is 0 Å². The molecule has 0 amide bonds. The lowest BCUT2D eigenvalue weighted by Crippen LogP contribution is -2.45. The van der Waals surface area contributed by atoms with Crippen LogP contribution in [0.1, 0.15) is 32.0 Å². The van der Waals surface area contributed by atoms with Gasteiger partial charge in [-0.2, -0.15) is 0 Å². The summed E-state index contributed by atoms with van der Waals surface area (Å²) in [5.41, 5.74) is 3.05. The quantitative estimate of drug-likeness (QED) is 0.340. The summed E-state index contributed by atoms with van der Waals surface area (Å²) in [5, 5.41) is 6.66. The normalized spacial score (nSPS) is 12.6. The van der Waals surface area contributed by atoms with Crippen LogP contribution in [0.5, 0.6) is 0 Å². The van der Waals surface area contributed by atoms with Crippen molar-refractivity contribution in [2.75, 3.05) is 26.7 Å². The molecule has 0 bridgehead atoms. The van der Waals surface area contributed by atoms with Crippen LogP contribution in [0.25, 0.3) is 11.5 Å². The highest BCUT2D eigenvalue weighted by molar-refractivity contribution is 14.0. The number of aliphatic imine (C=N–C) groups is 1. The van der Waals surface area contributed by atoms with Crippen molar-refractivity contribution in [2.45, 2.75) is 40.3 Å². The van der Waals surface area contributed by atoms with Gasteiger partial charge in [-0.3, -0.25) is 9.89 Å². The summed E-state index contributed by atoms with van der Waals surface area (Å²) in [4.78, 5) is 11.2. The Morgan fingerprint density at radius 2 is 1.85 bits per heavy atom. The molecule has 0 aliphatic heterocycles. The minimum atomic E-state index is 0. The first-order chi connectivity index (χ1) is 12.6. The van der Waals surface area contributed by atoms with Crippen molar-refractivity contribution in [3.63, 3.8) is 0 Å². The van der Waals surface area contributed by atoms with E-state index in [0.29, 0.717) is 18.5 Å². The van der Waals surface area contributed by atoms with Gasteiger partial charge in [0.1, 0.15) is 6.26 Å². The highest BCUT2D eigenvalue weighted by atomic mass is 127. The smallest absolute Gasteiger partial charge is 0.226 e. The molecule has 7 heteroatoms. The van der Waals surface area contributed by atoms with Crippen molar-refractivity contribution in [1.29, 1.82) is 0 Å². The topological polar surface area (TPSA) is 65.7 Å². The standard InChI is InChI=1S/C20H31N5O.HI/c1-6-25(7-2)16(4)12-22-20(21-5)23-13-18-14-26-19(24-18)17-10-8-15(3)9-11-17;/h8-11,14,16H,6-7,12-13H2,1-5H3,(H2,21,22,23);1H. The van der Waals surface area contributed by atoms with Crippen molar-refractivity contribution >= 4 is 29.9 Å². The molecule has 27 heavy (non-hydrogen) atoms. The van der Waals surface area contributed by atoms with E-state index in [1.54, 1.807) is 13.3 Å². The monoisotopic (exact) mass is 485 g/mol. The molecule has 0 fully saturated rings. The zero-order valence-corrected chi connectivity index (χ0v) is 19.3. The molecule has 1 aromatic carbocycles. The first-order valence-electron chi connectivity index (χ1n) is 9.27. The van der Waals surface area contributed by atoms with Crippen LogP contribution in [-0.2, 0) is 6.54 Å². The number of benzene rings is 1. The maximum atomic E-state index is 5.60. The van der Waals surface area contributed by atoms with Gasteiger partial charge in [-0.25, -0.2) is 4.98 Å². The van der Waals surface area contributed by atoms with Gasteiger partial charge in [0, 0.05) is 25.2 Å². The van der Waals surface area contributed by atoms with E-state index in [4.69, 9.17) is 4.42 Å². The Hall–Kier alpha value is -1.61. The van der Waals surface area contributed by atoms with Gasteiger partial charge in [0.25, 0.3) is 0 Å². The maximum absolute atomic E-state index is 5.60. The lowest BCUT2D eigenvalue weighted by molar-refractivity contribution is 0.231. The molecule has 0 aliphatic carbocycles. The summed E-state index contributed by atoms with van der Waals surface area (Å²) in [5.74, 6) is 1.41. The van der Waals surface area contributed by atoms with Gasteiger partial charge in [0.15, 0.2) is 5.96 Å². The average molecular weight is 485 g/mol. The molecule has 0 radical (unpaired) electrons. The van der Waals surface area contributed by atoms with Gasteiger partial charge in [0.2, 0.25) is 5.89 Å². The number of nitrogens with zero attached hydrogens (tertiary/aromatic N) is 3. The molecule has 1 atom stereocenters. The summed E-state index contributed by atoms with van der Waals surface area (Å²) in [6.45, 7) is 12.2. The van der Waals surface area contributed by atoms with Crippen LogP contribution in [0.15, 0.2) is 39.9 Å². The van der Waals surface area contributed by atoms with Crippen LogP contribution < -0.4 is 10.6 Å². The molecule has 1 aromatic heterocycles. The molecular formula is C20H32IN5O. The maximum Gasteiger partial charge on any atom is 0.226 e. The second-order valence-electron chi connectivity index (χ2n) is 6.39. The van der Waals surface area contributed by atoms with Gasteiger partial charge in [-0.1, -0.05) is 31.5 Å². The number of halogens is 1. The summed E-state index contributed by atoms with van der Waals surface area (Å²) in [7, 11) is 1.78. The predicted molar refractivity (Wildman–Crippen MR) is 123 cm³/mol. The fraction of sp³-hybridized carbons (Fsp3) is 0.500. The first kappa shape index (κ1) is 23.4. The van der Waals surface area contributed by atoms with Gasteiger partial charge in [-0.15, -0.1) is 24.0 Å². The largest absolute Gasteiger partial charge is 0.444 e. The number of likely N-dealkylation sites (N-methyl/N-ethyl adjacent to an activating group) is 1. The average Bonchev–Trinajstić information content (AvgIpc) is 3.12. The number of rotatable bonds is 8. The summed E-state index contributed by atoms with van der Waals surface area (Å²) < 4.78 is 5.60. The summed E-state index contributed by atoms with van der Waals surface area (Å²) >= 11 is 0. The van der Waals surface area contributed by atoms with E-state index < -0.39 is 0 Å². The lowest BCUT2D eigenvalue weighted by atomic mass is 10.1. The molecule has 6 nitrogen and oxygen atoms in total. The Bertz CT molecular complexity index is 695. The van der Waals surface area contributed by atoms with Crippen LogP contribution in [0.4, 0.5) is 0 Å². The zero-order valence-electron chi connectivity index (χ0n) is 17.0. The molecule has 1 unspecified atom stereocenters. The number of nitrogens with one attached hydrogen (secondary N) is 2. The number of guanidine groups is 1. The Balaban J connectivity index is 0.00000364. The lowest BCUT2D eigenvalue weighted by Gasteiger charge is -2.27. The van der Waals surface area contributed by atoms with Gasteiger partial charge in [0.05, 0.1) is 12.2 Å². The van der Waals surface area contributed by atoms with Gasteiger partial charge in [-0.05, 0) is 39.1 Å². The van der Waals surface area contributed by atoms with Crippen molar-refractivity contribution < 1.29 is 4.42 Å². The Morgan fingerprint density at radius 3 is 2.44 bits per heavy atom. The second kappa shape index (κ2) is 12.0. The Kier molecular flexibility index (Phi) is 10.4. The van der Waals surface area contributed by atoms with E-state index in [2.05, 4.69) is 65.3 Å². The summed E-state index contributed by atoms with van der Waals surface area (Å²) in [6.07, 6.45) is 1.69. The van der Waals surface area contributed by atoms with Crippen LogP contribution in [0.3, 0.4) is 0 Å². The van der Waals surface area contributed by atoms with Gasteiger partial charge < -0.3 is 15.1 Å². The number of aryl methyl sites for hydroxylation is 1. The van der Waals surface area contributed by atoms with Crippen molar-refractivity contribution in [1.82, 2.24) is 20.5 Å². The van der Waals surface area contributed by atoms with E-state index in [-0.39, 0.29) is 24.0 Å². The van der Waals surface area contributed by atoms with E-state index in [1.165, 1.54) is 5.56 Å². The van der Waals surface area contributed by atoms with E-state index in [0.717, 1.165) is 36.9 Å². The zero-order chi connectivity index (χ0) is 18.9. The minimum absolute atomic E-state index is 0. The third-order valence-electron chi connectivity index (χ3n) is 4.51. The van der Waals surface area contributed by atoms with E-state index >= 15 is 0 Å². The Labute approximate surface area is 179 Å². The molecule has 0 aliphatic rings. The van der Waals surface area contributed by atoms with Crippen molar-refractivity contribution in [2.24, 2.45) is 4.99 Å². The molecule has 2 N–H and O–H groups in total. The van der Waals surface area contributed by atoms with E-state index in [1.807, 2.05) is 12.1 Å². The van der Waals surface area contributed by atoms with Crippen molar-refractivity contribution in [3.05, 3.63) is 41.8 Å². The minimum Gasteiger partial charge on any atom is -0.444 e. The fourth-order valence-corrected chi connectivity index (χ4v) is 2.83. The Morgan fingerprint density at radius 1 is 1.19 bits per heavy atom. The van der Waals surface area contributed by atoms with Crippen molar-refractivity contribution in [3.8, 4) is 11.5 Å². The van der Waals surface area contributed by atoms with Crippen LogP contribution in [-0.4, -0.2) is 48.6 Å². The molecule has 0 saturated carbocycles. The SMILES string of the molecule is CCN(CC)C(C)CNC(=NC)NCc1coc(-c2ccc(C)cc2)n1.I. The first-order valence-corrected chi connectivity index (χ1v) is 9.27. The van der Waals surface area contributed by atoms with Crippen LogP contribution in [0, 0.1) is 6.92 Å². The second-order valence-corrected chi connectivity index (χ2v) is 6.39. The van der Waals surface area contributed by atoms with Gasteiger partial charge >= 0.3 is 0 Å². The summed E-state index contributed by atoms with van der Waals surface area (Å²) in [6, 6.07) is 8.60. The third-order valence-corrected chi connectivity index (χ3v) is 4.51.